The van der Waals surface area contributed by atoms with Gasteiger partial charge in [0.15, 0.2) is 0 Å². The molecule has 0 bridgehead atoms. The standard InChI is InChI=1S/C17H19BrFNO/c1-11-6-14(7-12(2)17(11)19)10-20-9-13-4-5-16(21-3)15(18)8-13/h4-8,20H,9-10H2,1-3H3. The fraction of sp³-hybridized carbons (Fsp3) is 0.294. The predicted octanol–water partition coefficient (Wildman–Crippen LogP) is 4.50. The van der Waals surface area contributed by atoms with Crippen molar-refractivity contribution < 1.29 is 9.13 Å². The average Bonchev–Trinajstić information content (AvgIpc) is 2.45. The summed E-state index contributed by atoms with van der Waals surface area (Å²) in [5.74, 6) is 0.710. The lowest BCUT2D eigenvalue weighted by Gasteiger charge is -2.10. The van der Waals surface area contributed by atoms with Crippen molar-refractivity contribution >= 4 is 15.9 Å². The van der Waals surface area contributed by atoms with Gasteiger partial charge in [-0.15, -0.1) is 0 Å². The number of hydrogen-bond donors (Lipinski definition) is 1. The first-order valence-corrected chi connectivity index (χ1v) is 7.59. The van der Waals surface area contributed by atoms with Crippen molar-refractivity contribution in [3.05, 3.63) is 62.9 Å². The second-order valence-electron chi connectivity index (χ2n) is 5.12. The van der Waals surface area contributed by atoms with Crippen molar-refractivity contribution in [3.63, 3.8) is 0 Å². The number of hydrogen-bond acceptors (Lipinski definition) is 2. The quantitative estimate of drug-likeness (QED) is 0.855. The molecular formula is C17H19BrFNO. The van der Waals surface area contributed by atoms with Crippen LogP contribution in [0.1, 0.15) is 22.3 Å². The minimum atomic E-state index is -0.113. The van der Waals surface area contributed by atoms with Crippen LogP contribution in [0.15, 0.2) is 34.8 Å². The highest BCUT2D eigenvalue weighted by Crippen LogP contribution is 2.25. The summed E-state index contributed by atoms with van der Waals surface area (Å²) >= 11 is 3.48. The van der Waals surface area contributed by atoms with Crippen LogP contribution in [0.2, 0.25) is 0 Å². The molecule has 0 aromatic heterocycles. The molecule has 0 atom stereocenters. The summed E-state index contributed by atoms with van der Waals surface area (Å²) < 4.78 is 19.7. The lowest BCUT2D eigenvalue weighted by Crippen LogP contribution is -2.13. The van der Waals surface area contributed by atoms with Gasteiger partial charge in [-0.2, -0.15) is 0 Å². The summed E-state index contributed by atoms with van der Waals surface area (Å²) in [5.41, 5.74) is 3.65. The second-order valence-corrected chi connectivity index (χ2v) is 5.97. The summed E-state index contributed by atoms with van der Waals surface area (Å²) in [7, 11) is 1.65. The Morgan fingerprint density at radius 3 is 2.24 bits per heavy atom. The van der Waals surface area contributed by atoms with E-state index < -0.39 is 0 Å². The minimum absolute atomic E-state index is 0.113. The molecule has 1 N–H and O–H groups in total. The van der Waals surface area contributed by atoms with E-state index in [1.165, 1.54) is 5.56 Å². The molecular weight excluding hydrogens is 333 g/mol. The number of nitrogens with one attached hydrogen (secondary N) is 1. The number of methoxy groups -OCH3 is 1. The van der Waals surface area contributed by atoms with Crippen LogP contribution in [0, 0.1) is 19.7 Å². The third-order valence-electron chi connectivity index (χ3n) is 3.37. The number of halogens is 2. The molecule has 0 aliphatic rings. The Morgan fingerprint density at radius 2 is 1.67 bits per heavy atom. The molecule has 0 heterocycles. The Kier molecular flexibility index (Phi) is 5.37. The van der Waals surface area contributed by atoms with E-state index in [2.05, 4.69) is 21.2 Å². The van der Waals surface area contributed by atoms with E-state index in [9.17, 15) is 4.39 Å². The molecule has 0 fully saturated rings. The van der Waals surface area contributed by atoms with Gasteiger partial charge in [0.05, 0.1) is 11.6 Å². The van der Waals surface area contributed by atoms with Gasteiger partial charge < -0.3 is 10.1 Å². The zero-order valence-electron chi connectivity index (χ0n) is 12.5. The number of ether oxygens (including phenoxy) is 1. The Labute approximate surface area is 133 Å². The van der Waals surface area contributed by atoms with Crippen LogP contribution in [-0.4, -0.2) is 7.11 Å². The third-order valence-corrected chi connectivity index (χ3v) is 3.99. The first-order chi connectivity index (χ1) is 10.0. The van der Waals surface area contributed by atoms with Gasteiger partial charge in [0, 0.05) is 13.1 Å². The zero-order chi connectivity index (χ0) is 15.4. The molecule has 0 amide bonds. The summed E-state index contributed by atoms with van der Waals surface area (Å²) in [6.45, 7) is 5.06. The molecule has 112 valence electrons. The first kappa shape index (κ1) is 16.0. The van der Waals surface area contributed by atoms with E-state index >= 15 is 0 Å². The Hall–Kier alpha value is -1.39. The summed E-state index contributed by atoms with van der Waals surface area (Å²) in [4.78, 5) is 0. The van der Waals surface area contributed by atoms with Crippen molar-refractivity contribution in [3.8, 4) is 5.75 Å². The molecule has 4 heteroatoms. The zero-order valence-corrected chi connectivity index (χ0v) is 14.1. The smallest absolute Gasteiger partial charge is 0.133 e. The lowest BCUT2D eigenvalue weighted by atomic mass is 10.1. The maximum Gasteiger partial charge on any atom is 0.133 e. The fourth-order valence-corrected chi connectivity index (χ4v) is 2.90. The van der Waals surface area contributed by atoms with Gasteiger partial charge in [0.1, 0.15) is 11.6 Å². The van der Waals surface area contributed by atoms with Crippen molar-refractivity contribution in [2.24, 2.45) is 0 Å². The third kappa shape index (κ3) is 4.05. The molecule has 2 aromatic rings. The van der Waals surface area contributed by atoms with Crippen LogP contribution in [0.25, 0.3) is 0 Å². The van der Waals surface area contributed by atoms with E-state index in [-0.39, 0.29) is 5.82 Å². The largest absolute Gasteiger partial charge is 0.496 e. The highest BCUT2D eigenvalue weighted by atomic mass is 79.9. The van der Waals surface area contributed by atoms with Crippen LogP contribution < -0.4 is 10.1 Å². The first-order valence-electron chi connectivity index (χ1n) is 6.80. The molecule has 0 radical (unpaired) electrons. The van der Waals surface area contributed by atoms with Gasteiger partial charge in [-0.1, -0.05) is 18.2 Å². The minimum Gasteiger partial charge on any atom is -0.496 e. The Morgan fingerprint density at radius 1 is 1.05 bits per heavy atom. The van der Waals surface area contributed by atoms with Gasteiger partial charge in [0.2, 0.25) is 0 Å². The van der Waals surface area contributed by atoms with E-state index in [1.807, 2.05) is 30.3 Å². The average molecular weight is 352 g/mol. The number of rotatable bonds is 5. The Balaban J connectivity index is 1.97. The van der Waals surface area contributed by atoms with E-state index in [0.29, 0.717) is 17.7 Å². The van der Waals surface area contributed by atoms with Crippen LogP contribution in [0.3, 0.4) is 0 Å². The molecule has 0 spiro atoms. The van der Waals surface area contributed by atoms with Crippen molar-refractivity contribution in [1.29, 1.82) is 0 Å². The van der Waals surface area contributed by atoms with E-state index in [1.54, 1.807) is 21.0 Å². The molecule has 0 unspecified atom stereocenters. The molecule has 0 aliphatic heterocycles. The lowest BCUT2D eigenvalue weighted by molar-refractivity contribution is 0.412. The number of aryl methyl sites for hydroxylation is 2. The maximum absolute atomic E-state index is 13.6. The van der Waals surface area contributed by atoms with E-state index in [0.717, 1.165) is 22.3 Å². The van der Waals surface area contributed by atoms with Crippen molar-refractivity contribution in [2.45, 2.75) is 26.9 Å². The maximum atomic E-state index is 13.6. The monoisotopic (exact) mass is 351 g/mol. The second kappa shape index (κ2) is 7.05. The van der Waals surface area contributed by atoms with Crippen LogP contribution >= 0.6 is 15.9 Å². The topological polar surface area (TPSA) is 21.3 Å². The SMILES string of the molecule is COc1ccc(CNCc2cc(C)c(F)c(C)c2)cc1Br. The highest BCUT2D eigenvalue weighted by molar-refractivity contribution is 9.10. The molecule has 0 aliphatic carbocycles. The predicted molar refractivity (Wildman–Crippen MR) is 87.1 cm³/mol. The van der Waals surface area contributed by atoms with E-state index in [4.69, 9.17) is 4.74 Å². The molecule has 2 rings (SSSR count). The van der Waals surface area contributed by atoms with Crippen LogP contribution in [0.5, 0.6) is 5.75 Å². The van der Waals surface area contributed by atoms with Crippen molar-refractivity contribution in [1.82, 2.24) is 5.32 Å². The number of benzene rings is 2. The Bertz CT molecular complexity index is 620. The molecule has 0 saturated carbocycles. The summed E-state index contributed by atoms with van der Waals surface area (Å²) in [6, 6.07) is 9.77. The fourth-order valence-electron chi connectivity index (χ4n) is 2.31. The molecule has 2 aromatic carbocycles. The van der Waals surface area contributed by atoms with Gasteiger partial charge in [-0.3, -0.25) is 0 Å². The summed E-state index contributed by atoms with van der Waals surface area (Å²) in [5, 5.41) is 3.37. The van der Waals surface area contributed by atoms with Gasteiger partial charge in [-0.25, -0.2) is 4.39 Å². The van der Waals surface area contributed by atoms with Gasteiger partial charge in [0.25, 0.3) is 0 Å². The van der Waals surface area contributed by atoms with Gasteiger partial charge >= 0.3 is 0 Å². The van der Waals surface area contributed by atoms with Crippen LogP contribution in [-0.2, 0) is 13.1 Å². The normalized spacial score (nSPS) is 10.7. The van der Waals surface area contributed by atoms with Crippen molar-refractivity contribution in [2.75, 3.05) is 7.11 Å². The molecule has 2 nitrogen and oxygen atoms in total. The molecule has 21 heavy (non-hydrogen) atoms. The highest BCUT2D eigenvalue weighted by Gasteiger charge is 2.05. The molecule has 0 saturated heterocycles. The van der Waals surface area contributed by atoms with Gasteiger partial charge in [-0.05, 0) is 64.2 Å². The summed E-state index contributed by atoms with van der Waals surface area (Å²) in [6.07, 6.45) is 0. The van der Waals surface area contributed by atoms with Crippen LogP contribution in [0.4, 0.5) is 4.39 Å².